The van der Waals surface area contributed by atoms with Crippen LogP contribution in [-0.2, 0) is 0 Å². The predicted molar refractivity (Wildman–Crippen MR) is 93.4 cm³/mol. The highest BCUT2D eigenvalue weighted by atomic mass is 19.1. The first-order chi connectivity index (χ1) is 12.2. The van der Waals surface area contributed by atoms with Crippen molar-refractivity contribution < 1.29 is 4.39 Å². The molecule has 0 amide bonds. The van der Waals surface area contributed by atoms with Crippen LogP contribution in [0.3, 0.4) is 0 Å². The van der Waals surface area contributed by atoms with E-state index in [1.54, 1.807) is 12.1 Å². The maximum Gasteiger partial charge on any atom is 0.264 e. The van der Waals surface area contributed by atoms with Crippen LogP contribution in [0.1, 0.15) is 6.42 Å². The monoisotopic (exact) mass is 340 g/mol. The molecule has 4 rings (SSSR count). The standard InChI is InChI=1S/C17H17FN6O/c18-12-2-3-13-14(10-12)19-11-20-17(13)24-7-1-6-23(8-9-24)15-4-5-16(25)22-21-15/h2-5,10-11H,1,6-9H2,(H,22,25). The second-order valence-electron chi connectivity index (χ2n) is 5.97. The molecule has 25 heavy (non-hydrogen) atoms. The molecule has 0 aliphatic carbocycles. The van der Waals surface area contributed by atoms with Crippen LogP contribution in [0.2, 0.25) is 0 Å². The van der Waals surface area contributed by atoms with Crippen molar-refractivity contribution in [1.82, 2.24) is 20.2 Å². The largest absolute Gasteiger partial charge is 0.354 e. The van der Waals surface area contributed by atoms with E-state index < -0.39 is 0 Å². The molecule has 0 spiro atoms. The van der Waals surface area contributed by atoms with Crippen LogP contribution in [0.5, 0.6) is 0 Å². The molecule has 1 aliphatic heterocycles. The molecule has 8 heteroatoms. The average molecular weight is 340 g/mol. The normalized spacial score (nSPS) is 15.4. The van der Waals surface area contributed by atoms with E-state index in [4.69, 9.17) is 0 Å². The summed E-state index contributed by atoms with van der Waals surface area (Å²) in [5, 5.41) is 7.42. The zero-order chi connectivity index (χ0) is 17.2. The second kappa shape index (κ2) is 6.46. The van der Waals surface area contributed by atoms with Gasteiger partial charge in [-0.05, 0) is 24.6 Å². The van der Waals surface area contributed by atoms with E-state index in [0.29, 0.717) is 5.52 Å². The van der Waals surface area contributed by atoms with Crippen molar-refractivity contribution in [2.45, 2.75) is 6.42 Å². The first kappa shape index (κ1) is 15.5. The fraction of sp³-hybridized carbons (Fsp3) is 0.294. The number of hydrogen-bond donors (Lipinski definition) is 1. The van der Waals surface area contributed by atoms with Gasteiger partial charge in [-0.2, -0.15) is 5.10 Å². The topological polar surface area (TPSA) is 78.0 Å². The van der Waals surface area contributed by atoms with Crippen LogP contribution in [0.15, 0.2) is 41.5 Å². The number of fused-ring (bicyclic) bond motifs is 1. The highest BCUT2D eigenvalue weighted by Crippen LogP contribution is 2.25. The minimum atomic E-state index is -0.302. The Morgan fingerprint density at radius 3 is 2.68 bits per heavy atom. The third kappa shape index (κ3) is 3.15. The van der Waals surface area contributed by atoms with Crippen molar-refractivity contribution in [3.05, 3.63) is 52.8 Å². The number of anilines is 2. The number of nitrogens with one attached hydrogen (secondary N) is 1. The summed E-state index contributed by atoms with van der Waals surface area (Å²) >= 11 is 0. The van der Waals surface area contributed by atoms with Crippen LogP contribution in [0.25, 0.3) is 10.9 Å². The molecule has 3 aromatic rings. The first-order valence-corrected chi connectivity index (χ1v) is 8.16. The summed E-state index contributed by atoms with van der Waals surface area (Å²) < 4.78 is 13.4. The quantitative estimate of drug-likeness (QED) is 0.763. The molecular weight excluding hydrogens is 323 g/mol. The molecule has 1 N–H and O–H groups in total. The summed E-state index contributed by atoms with van der Waals surface area (Å²) in [5.41, 5.74) is 0.397. The predicted octanol–water partition coefficient (Wildman–Crippen LogP) is 1.57. The smallest absolute Gasteiger partial charge is 0.264 e. The highest BCUT2D eigenvalue weighted by Gasteiger charge is 2.19. The molecule has 7 nitrogen and oxygen atoms in total. The van der Waals surface area contributed by atoms with Gasteiger partial charge in [-0.25, -0.2) is 19.5 Å². The maximum absolute atomic E-state index is 13.4. The molecule has 0 saturated carbocycles. The Labute approximate surface area is 143 Å². The van der Waals surface area contributed by atoms with Gasteiger partial charge in [0.2, 0.25) is 0 Å². The van der Waals surface area contributed by atoms with Gasteiger partial charge in [-0.1, -0.05) is 0 Å². The Balaban J connectivity index is 1.59. The number of hydrogen-bond acceptors (Lipinski definition) is 6. The van der Waals surface area contributed by atoms with Gasteiger partial charge < -0.3 is 9.80 Å². The zero-order valence-corrected chi connectivity index (χ0v) is 13.5. The van der Waals surface area contributed by atoms with Crippen LogP contribution < -0.4 is 15.4 Å². The van der Waals surface area contributed by atoms with E-state index >= 15 is 0 Å². The summed E-state index contributed by atoms with van der Waals surface area (Å²) in [6.07, 6.45) is 2.40. The number of benzene rings is 1. The van der Waals surface area contributed by atoms with E-state index in [2.05, 4.69) is 30.0 Å². The Hall–Kier alpha value is -3.03. The lowest BCUT2D eigenvalue weighted by Gasteiger charge is -2.24. The van der Waals surface area contributed by atoms with E-state index in [1.807, 2.05) is 0 Å². The molecule has 3 heterocycles. The molecule has 0 atom stereocenters. The van der Waals surface area contributed by atoms with Crippen molar-refractivity contribution in [2.75, 3.05) is 36.0 Å². The lowest BCUT2D eigenvalue weighted by atomic mass is 10.2. The summed E-state index contributed by atoms with van der Waals surface area (Å²) in [5.74, 6) is 1.28. The Bertz CT molecular complexity index is 939. The van der Waals surface area contributed by atoms with Gasteiger partial charge in [0.25, 0.3) is 5.56 Å². The molecule has 128 valence electrons. The molecule has 0 bridgehead atoms. The fourth-order valence-corrected chi connectivity index (χ4v) is 3.14. The van der Waals surface area contributed by atoms with Crippen molar-refractivity contribution >= 4 is 22.5 Å². The molecule has 1 saturated heterocycles. The molecule has 2 aromatic heterocycles. The number of aromatic nitrogens is 4. The maximum atomic E-state index is 13.4. The van der Waals surface area contributed by atoms with Gasteiger partial charge in [0.1, 0.15) is 23.8 Å². The zero-order valence-electron chi connectivity index (χ0n) is 13.5. The number of H-pyrrole nitrogens is 1. The van der Waals surface area contributed by atoms with Gasteiger partial charge in [0.05, 0.1) is 5.52 Å². The van der Waals surface area contributed by atoms with Crippen molar-refractivity contribution in [3.63, 3.8) is 0 Å². The summed E-state index contributed by atoms with van der Waals surface area (Å²) in [7, 11) is 0. The Morgan fingerprint density at radius 2 is 1.84 bits per heavy atom. The van der Waals surface area contributed by atoms with Gasteiger partial charge in [0, 0.05) is 43.7 Å². The van der Waals surface area contributed by atoms with Crippen LogP contribution in [-0.4, -0.2) is 46.3 Å². The second-order valence-corrected chi connectivity index (χ2v) is 5.97. The molecule has 0 radical (unpaired) electrons. The van der Waals surface area contributed by atoms with Crippen LogP contribution >= 0.6 is 0 Å². The lowest BCUT2D eigenvalue weighted by Crippen LogP contribution is -2.32. The SMILES string of the molecule is O=c1ccc(N2CCCN(c3ncnc4cc(F)ccc34)CC2)n[nH]1. The average Bonchev–Trinajstić information content (AvgIpc) is 2.88. The minimum absolute atomic E-state index is 0.208. The minimum Gasteiger partial charge on any atom is -0.354 e. The summed E-state index contributed by atoms with van der Waals surface area (Å²) in [6.45, 7) is 3.19. The number of halogens is 1. The molecule has 1 aromatic carbocycles. The molecule has 1 aliphatic rings. The number of rotatable bonds is 2. The van der Waals surface area contributed by atoms with E-state index in [9.17, 15) is 9.18 Å². The van der Waals surface area contributed by atoms with Gasteiger partial charge in [-0.3, -0.25) is 4.79 Å². The lowest BCUT2D eigenvalue weighted by molar-refractivity contribution is 0.629. The fourth-order valence-electron chi connectivity index (χ4n) is 3.14. The van der Waals surface area contributed by atoms with Crippen molar-refractivity contribution in [3.8, 4) is 0 Å². The van der Waals surface area contributed by atoms with E-state index in [1.165, 1.54) is 24.5 Å². The van der Waals surface area contributed by atoms with E-state index in [-0.39, 0.29) is 11.4 Å². The summed E-state index contributed by atoms with van der Waals surface area (Å²) in [6, 6.07) is 7.80. The van der Waals surface area contributed by atoms with Gasteiger partial charge in [0.15, 0.2) is 0 Å². The van der Waals surface area contributed by atoms with Gasteiger partial charge in [-0.15, -0.1) is 0 Å². The highest BCUT2D eigenvalue weighted by molar-refractivity contribution is 5.89. The molecular formula is C17H17FN6O. The van der Waals surface area contributed by atoms with Crippen LogP contribution in [0, 0.1) is 5.82 Å². The molecule has 1 fully saturated rings. The summed E-state index contributed by atoms with van der Waals surface area (Å²) in [4.78, 5) is 24.1. The Morgan fingerprint density at radius 1 is 1.00 bits per heavy atom. The third-order valence-electron chi connectivity index (χ3n) is 4.36. The van der Waals surface area contributed by atoms with Crippen LogP contribution in [0.4, 0.5) is 16.0 Å². The molecule has 0 unspecified atom stereocenters. The third-order valence-corrected chi connectivity index (χ3v) is 4.36. The number of nitrogens with zero attached hydrogens (tertiary/aromatic N) is 5. The number of aromatic amines is 1. The van der Waals surface area contributed by atoms with Gasteiger partial charge >= 0.3 is 0 Å². The van der Waals surface area contributed by atoms with E-state index in [0.717, 1.165) is 49.6 Å². The Kier molecular flexibility index (Phi) is 4.01. The van der Waals surface area contributed by atoms with Crippen molar-refractivity contribution in [1.29, 1.82) is 0 Å². The van der Waals surface area contributed by atoms with Crippen molar-refractivity contribution in [2.24, 2.45) is 0 Å². The first-order valence-electron chi connectivity index (χ1n) is 8.16.